The van der Waals surface area contributed by atoms with Crippen LogP contribution in [0.15, 0.2) is 84.9 Å². The second-order valence-electron chi connectivity index (χ2n) is 12.9. The fourth-order valence-corrected chi connectivity index (χ4v) is 5.97. The van der Waals surface area contributed by atoms with Crippen molar-refractivity contribution in [1.82, 2.24) is 15.1 Å². The van der Waals surface area contributed by atoms with E-state index in [1.807, 2.05) is 85.5 Å². The molecule has 0 bridgehead atoms. The lowest BCUT2D eigenvalue weighted by molar-refractivity contribution is -0.132. The van der Waals surface area contributed by atoms with Gasteiger partial charge in [0.25, 0.3) is 11.8 Å². The van der Waals surface area contributed by atoms with Crippen LogP contribution in [-0.2, 0) is 11.3 Å². The van der Waals surface area contributed by atoms with E-state index in [1.54, 1.807) is 25.3 Å². The number of likely N-dealkylation sites (N-methyl/N-ethyl adjacent to an activating group) is 1. The van der Waals surface area contributed by atoms with Crippen LogP contribution >= 0.6 is 0 Å². The second-order valence-corrected chi connectivity index (χ2v) is 12.9. The number of amides is 3. The highest BCUT2D eigenvalue weighted by Gasteiger charge is 2.19. The number of hydrogen-bond acceptors (Lipinski definition) is 6. The van der Waals surface area contributed by atoms with Crippen molar-refractivity contribution in [2.24, 2.45) is 0 Å². The first-order valence-electron chi connectivity index (χ1n) is 17.3. The molecule has 2 N–H and O–H groups in total. The third-order valence-corrected chi connectivity index (χ3v) is 9.06. The molecule has 0 saturated carbocycles. The number of unbranched alkanes of at least 4 members (excludes halogenated alkanes) is 2. The molecule has 0 spiro atoms. The van der Waals surface area contributed by atoms with Gasteiger partial charge in [0, 0.05) is 55.8 Å². The SMILES string of the molecule is COc1cc(C(=O)Nc2ccc(C)cc2OCCCCCC(=O)N2CCN(C)CC2)ccc1CNC(=O)c1ccccc1-c1ccc(C)cc1. The summed E-state index contributed by atoms with van der Waals surface area (Å²) in [5, 5.41) is 6.00. The number of nitrogens with zero attached hydrogens (tertiary/aromatic N) is 2. The average Bonchev–Trinajstić information content (AvgIpc) is 3.13. The average molecular weight is 677 g/mol. The Labute approximate surface area is 295 Å². The highest BCUT2D eigenvalue weighted by molar-refractivity contribution is 6.05. The normalized spacial score (nSPS) is 13.1. The molecular formula is C41H48N4O5. The van der Waals surface area contributed by atoms with E-state index in [4.69, 9.17) is 9.47 Å². The van der Waals surface area contributed by atoms with Gasteiger partial charge in [0.1, 0.15) is 11.5 Å². The van der Waals surface area contributed by atoms with E-state index in [9.17, 15) is 14.4 Å². The Morgan fingerprint density at radius 2 is 1.50 bits per heavy atom. The van der Waals surface area contributed by atoms with Gasteiger partial charge in [-0.1, -0.05) is 60.2 Å². The lowest BCUT2D eigenvalue weighted by atomic mass is 9.98. The number of rotatable bonds is 14. The van der Waals surface area contributed by atoms with E-state index in [0.717, 1.165) is 73.3 Å². The van der Waals surface area contributed by atoms with Crippen LogP contribution in [0.3, 0.4) is 0 Å². The van der Waals surface area contributed by atoms with E-state index in [1.165, 1.54) is 0 Å². The van der Waals surface area contributed by atoms with E-state index in [2.05, 4.69) is 22.6 Å². The molecule has 3 amide bonds. The number of piperazine rings is 1. The molecule has 1 fully saturated rings. The molecule has 0 aliphatic carbocycles. The Morgan fingerprint density at radius 1 is 0.760 bits per heavy atom. The van der Waals surface area contributed by atoms with Crippen LogP contribution < -0.4 is 20.1 Å². The van der Waals surface area contributed by atoms with Crippen LogP contribution in [0.4, 0.5) is 5.69 Å². The van der Waals surface area contributed by atoms with Gasteiger partial charge in [-0.25, -0.2) is 0 Å². The number of nitrogens with one attached hydrogen (secondary N) is 2. The zero-order chi connectivity index (χ0) is 35.5. The van der Waals surface area contributed by atoms with Crippen molar-refractivity contribution >= 4 is 23.4 Å². The van der Waals surface area contributed by atoms with Crippen molar-refractivity contribution < 1.29 is 23.9 Å². The monoisotopic (exact) mass is 676 g/mol. The summed E-state index contributed by atoms with van der Waals surface area (Å²) in [4.78, 5) is 43.4. The summed E-state index contributed by atoms with van der Waals surface area (Å²) in [6.45, 7) is 8.19. The van der Waals surface area contributed by atoms with Crippen molar-refractivity contribution in [1.29, 1.82) is 0 Å². The molecular weight excluding hydrogens is 628 g/mol. The van der Waals surface area contributed by atoms with E-state index >= 15 is 0 Å². The molecule has 9 heteroatoms. The van der Waals surface area contributed by atoms with Crippen LogP contribution in [0.2, 0.25) is 0 Å². The van der Waals surface area contributed by atoms with Gasteiger partial charge < -0.3 is 29.9 Å². The smallest absolute Gasteiger partial charge is 0.255 e. The Hall–Kier alpha value is -5.15. The maximum atomic E-state index is 13.4. The van der Waals surface area contributed by atoms with E-state index in [-0.39, 0.29) is 24.3 Å². The number of ether oxygens (including phenoxy) is 2. The third-order valence-electron chi connectivity index (χ3n) is 9.06. The molecule has 0 radical (unpaired) electrons. The van der Waals surface area contributed by atoms with Gasteiger partial charge in [-0.3, -0.25) is 14.4 Å². The molecule has 1 aliphatic heterocycles. The lowest BCUT2D eigenvalue weighted by Gasteiger charge is -2.32. The molecule has 4 aromatic rings. The molecule has 1 heterocycles. The number of methoxy groups -OCH3 is 1. The summed E-state index contributed by atoms with van der Waals surface area (Å²) < 4.78 is 11.7. The fraction of sp³-hybridized carbons (Fsp3) is 0.341. The summed E-state index contributed by atoms with van der Waals surface area (Å²) >= 11 is 0. The van der Waals surface area contributed by atoms with E-state index < -0.39 is 0 Å². The molecule has 0 unspecified atom stereocenters. The van der Waals surface area contributed by atoms with Crippen LogP contribution in [0, 0.1) is 13.8 Å². The first-order chi connectivity index (χ1) is 24.2. The summed E-state index contributed by atoms with van der Waals surface area (Å²) in [6.07, 6.45) is 3.09. The minimum atomic E-state index is -0.304. The second kappa shape index (κ2) is 17.5. The van der Waals surface area contributed by atoms with Gasteiger partial charge in [-0.2, -0.15) is 0 Å². The number of anilines is 1. The van der Waals surface area contributed by atoms with Gasteiger partial charge in [-0.15, -0.1) is 0 Å². The number of benzene rings is 4. The number of carbonyl (C=O) groups is 3. The quantitative estimate of drug-likeness (QED) is 0.141. The molecule has 9 nitrogen and oxygen atoms in total. The van der Waals surface area contributed by atoms with Crippen molar-refractivity contribution in [3.05, 3.63) is 113 Å². The first kappa shape index (κ1) is 36.1. The predicted octanol–water partition coefficient (Wildman–Crippen LogP) is 6.87. The van der Waals surface area contributed by atoms with E-state index in [0.29, 0.717) is 41.3 Å². The topological polar surface area (TPSA) is 100 Å². The molecule has 5 rings (SSSR count). The maximum absolute atomic E-state index is 13.4. The zero-order valence-corrected chi connectivity index (χ0v) is 29.6. The van der Waals surface area contributed by atoms with Gasteiger partial charge >= 0.3 is 0 Å². The van der Waals surface area contributed by atoms with Crippen LogP contribution in [0.5, 0.6) is 11.5 Å². The Kier molecular flexibility index (Phi) is 12.6. The number of aryl methyl sites for hydroxylation is 2. The molecule has 1 aliphatic rings. The molecule has 0 aromatic heterocycles. The molecule has 4 aromatic carbocycles. The highest BCUT2D eigenvalue weighted by atomic mass is 16.5. The van der Waals surface area contributed by atoms with Crippen LogP contribution in [0.1, 0.15) is 63.1 Å². The summed E-state index contributed by atoms with van der Waals surface area (Å²) in [7, 11) is 3.63. The van der Waals surface area contributed by atoms with Crippen molar-refractivity contribution in [2.75, 3.05) is 52.3 Å². The largest absolute Gasteiger partial charge is 0.496 e. The Morgan fingerprint density at radius 3 is 2.26 bits per heavy atom. The van der Waals surface area contributed by atoms with Crippen molar-refractivity contribution in [3.8, 4) is 22.6 Å². The van der Waals surface area contributed by atoms with Gasteiger partial charge in [0.15, 0.2) is 0 Å². The summed E-state index contributed by atoms with van der Waals surface area (Å²) in [5.41, 5.74) is 6.32. The molecule has 0 atom stereocenters. The van der Waals surface area contributed by atoms with Crippen LogP contribution in [-0.4, -0.2) is 74.5 Å². The number of hydrogen-bond donors (Lipinski definition) is 2. The first-order valence-corrected chi connectivity index (χ1v) is 17.3. The lowest BCUT2D eigenvalue weighted by Crippen LogP contribution is -2.47. The van der Waals surface area contributed by atoms with Gasteiger partial charge in [0.05, 0.1) is 19.4 Å². The van der Waals surface area contributed by atoms with Gasteiger partial charge in [-0.05, 0) is 87.2 Å². The number of carbonyl (C=O) groups excluding carboxylic acids is 3. The maximum Gasteiger partial charge on any atom is 0.255 e. The molecule has 1 saturated heterocycles. The van der Waals surface area contributed by atoms with Crippen molar-refractivity contribution in [3.63, 3.8) is 0 Å². The Balaban J connectivity index is 1.14. The minimum absolute atomic E-state index is 0.198. The third kappa shape index (κ3) is 9.72. The summed E-state index contributed by atoms with van der Waals surface area (Å²) in [5.74, 6) is 0.829. The van der Waals surface area contributed by atoms with Crippen molar-refractivity contribution in [2.45, 2.75) is 46.1 Å². The zero-order valence-electron chi connectivity index (χ0n) is 29.6. The molecule has 262 valence electrons. The minimum Gasteiger partial charge on any atom is -0.496 e. The van der Waals surface area contributed by atoms with Crippen LogP contribution in [0.25, 0.3) is 11.1 Å². The standard InChI is InChI=1S/C41H48N4O5/c1-29-13-16-31(17-14-29)34-10-7-8-11-35(34)41(48)42-28-33-19-18-32(27-37(33)49-4)40(47)43-36-20-15-30(2)26-38(36)50-25-9-5-6-12-39(46)45-23-21-44(3)22-24-45/h7-8,10-11,13-20,26-27H,5-6,9,12,21-25,28H2,1-4H3,(H,42,48)(H,43,47). The predicted molar refractivity (Wildman–Crippen MR) is 198 cm³/mol. The molecule has 50 heavy (non-hydrogen) atoms. The summed E-state index contributed by atoms with van der Waals surface area (Å²) in [6, 6.07) is 26.5. The Bertz CT molecular complexity index is 1780. The highest BCUT2D eigenvalue weighted by Crippen LogP contribution is 2.28. The fourth-order valence-electron chi connectivity index (χ4n) is 5.97. The van der Waals surface area contributed by atoms with Gasteiger partial charge in [0.2, 0.25) is 5.91 Å².